The Kier molecular flexibility index (Phi) is 7.36. The molecule has 0 unspecified atom stereocenters. The minimum atomic E-state index is -0.503. The number of hydrazone groups is 1. The van der Waals surface area contributed by atoms with Crippen molar-refractivity contribution in [2.24, 2.45) is 5.10 Å². The predicted octanol–water partition coefficient (Wildman–Crippen LogP) is 2.59. The van der Waals surface area contributed by atoms with E-state index in [2.05, 4.69) is 5.01 Å². The molecule has 2 saturated heterocycles. The van der Waals surface area contributed by atoms with Gasteiger partial charge in [-0.05, 0) is 25.3 Å². The van der Waals surface area contributed by atoms with Gasteiger partial charge in [0.2, 0.25) is 5.75 Å². The molecule has 1 aromatic rings. The zero-order chi connectivity index (χ0) is 19.9. The molecule has 0 aliphatic carbocycles. The highest BCUT2D eigenvalue weighted by molar-refractivity contribution is 5.88. The lowest BCUT2D eigenvalue weighted by molar-refractivity contribution is -0.183. The number of hydrogen-bond acceptors (Lipinski definition) is 8. The van der Waals surface area contributed by atoms with Gasteiger partial charge in [-0.3, -0.25) is 5.01 Å². The summed E-state index contributed by atoms with van der Waals surface area (Å²) in [6.07, 6.45) is 4.33. The summed E-state index contributed by atoms with van der Waals surface area (Å²) >= 11 is 0. The van der Waals surface area contributed by atoms with Gasteiger partial charge in [0.25, 0.3) is 0 Å². The number of benzene rings is 1. The van der Waals surface area contributed by atoms with Crippen molar-refractivity contribution in [2.45, 2.75) is 31.6 Å². The van der Waals surface area contributed by atoms with E-state index in [9.17, 15) is 0 Å². The van der Waals surface area contributed by atoms with Gasteiger partial charge in [-0.25, -0.2) is 0 Å². The lowest BCUT2D eigenvalue weighted by Crippen LogP contribution is -2.28. The van der Waals surface area contributed by atoms with Gasteiger partial charge in [0.05, 0.1) is 53.4 Å². The van der Waals surface area contributed by atoms with Crippen molar-refractivity contribution in [2.75, 3.05) is 54.8 Å². The molecule has 1 aromatic carbocycles. The molecule has 2 aliphatic heterocycles. The highest BCUT2D eigenvalue weighted by Crippen LogP contribution is 2.44. The van der Waals surface area contributed by atoms with Crippen LogP contribution in [-0.2, 0) is 14.2 Å². The van der Waals surface area contributed by atoms with E-state index < -0.39 is 6.29 Å². The van der Waals surface area contributed by atoms with Gasteiger partial charge in [-0.1, -0.05) is 0 Å². The molecule has 0 spiro atoms. The third-order valence-electron chi connectivity index (χ3n) is 5.02. The van der Waals surface area contributed by atoms with Crippen LogP contribution in [0.25, 0.3) is 0 Å². The van der Waals surface area contributed by atoms with Crippen molar-refractivity contribution in [1.82, 2.24) is 5.01 Å². The Morgan fingerprint density at radius 2 is 1.82 bits per heavy atom. The van der Waals surface area contributed by atoms with Crippen molar-refractivity contribution < 1.29 is 28.4 Å². The van der Waals surface area contributed by atoms with Gasteiger partial charge in [-0.15, -0.1) is 0 Å². The molecule has 28 heavy (non-hydrogen) atoms. The summed E-state index contributed by atoms with van der Waals surface area (Å²) in [4.78, 5) is 0. The van der Waals surface area contributed by atoms with Gasteiger partial charge in [-0.2, -0.15) is 5.10 Å². The number of hydrogen-bond donors (Lipinski definition) is 0. The molecule has 0 saturated carbocycles. The first-order valence-electron chi connectivity index (χ1n) is 9.59. The van der Waals surface area contributed by atoms with E-state index in [1.54, 1.807) is 34.7 Å². The van der Waals surface area contributed by atoms with Crippen LogP contribution in [-0.4, -0.2) is 72.1 Å². The van der Waals surface area contributed by atoms with E-state index in [0.29, 0.717) is 37.1 Å². The van der Waals surface area contributed by atoms with E-state index in [1.165, 1.54) is 0 Å². The topological polar surface area (TPSA) is 71.0 Å². The van der Waals surface area contributed by atoms with Crippen LogP contribution in [0.4, 0.5) is 0 Å². The van der Waals surface area contributed by atoms with Gasteiger partial charge < -0.3 is 28.4 Å². The highest BCUT2D eigenvalue weighted by atomic mass is 16.7. The second kappa shape index (κ2) is 9.95. The second-order valence-electron chi connectivity index (χ2n) is 6.73. The summed E-state index contributed by atoms with van der Waals surface area (Å²) in [5.74, 6) is 1.62. The zero-order valence-electron chi connectivity index (χ0n) is 17.1. The predicted molar refractivity (Wildman–Crippen MR) is 105 cm³/mol. The van der Waals surface area contributed by atoms with E-state index in [-0.39, 0.29) is 6.04 Å². The third kappa shape index (κ3) is 4.34. The van der Waals surface area contributed by atoms with Crippen molar-refractivity contribution in [1.29, 1.82) is 0 Å². The van der Waals surface area contributed by atoms with Crippen LogP contribution >= 0.6 is 0 Å². The summed E-state index contributed by atoms with van der Waals surface area (Å²) in [5.41, 5.74) is 1.57. The monoisotopic (exact) mass is 394 g/mol. The van der Waals surface area contributed by atoms with Crippen LogP contribution in [0.5, 0.6) is 17.2 Å². The van der Waals surface area contributed by atoms with Crippen molar-refractivity contribution in [3.63, 3.8) is 0 Å². The lowest BCUT2D eigenvalue weighted by Gasteiger charge is -2.27. The lowest BCUT2D eigenvalue weighted by atomic mass is 10.0. The first kappa shape index (κ1) is 20.7. The Hall–Kier alpha value is -2.03. The maximum atomic E-state index is 5.84. The molecule has 2 fully saturated rings. The first-order valence-corrected chi connectivity index (χ1v) is 9.59. The summed E-state index contributed by atoms with van der Waals surface area (Å²) in [6, 6.07) is 2.15. The quantitative estimate of drug-likeness (QED) is 0.628. The van der Waals surface area contributed by atoms with E-state index in [0.717, 1.165) is 36.9 Å². The van der Waals surface area contributed by atoms with Crippen molar-refractivity contribution in [3.8, 4) is 17.2 Å². The molecule has 8 heteroatoms. The average Bonchev–Trinajstić information content (AvgIpc) is 3.18. The number of nitrogens with zero attached hydrogens (tertiary/aromatic N) is 2. The maximum Gasteiger partial charge on any atom is 0.203 e. The van der Waals surface area contributed by atoms with Crippen molar-refractivity contribution in [3.05, 3.63) is 17.2 Å². The van der Waals surface area contributed by atoms with Crippen LogP contribution in [0.1, 0.15) is 36.7 Å². The van der Waals surface area contributed by atoms with Crippen LogP contribution in [0.2, 0.25) is 0 Å². The number of rotatable bonds is 8. The van der Waals surface area contributed by atoms with Gasteiger partial charge >= 0.3 is 0 Å². The molecule has 2 aliphatic rings. The molecule has 156 valence electrons. The van der Waals surface area contributed by atoms with E-state index in [1.807, 2.05) is 6.07 Å². The third-order valence-corrected chi connectivity index (χ3v) is 5.02. The molecular formula is C20H30N2O6. The maximum absolute atomic E-state index is 5.84. The minimum Gasteiger partial charge on any atom is -0.493 e. The zero-order valence-corrected chi connectivity index (χ0v) is 17.1. The molecule has 0 radical (unpaired) electrons. The van der Waals surface area contributed by atoms with Gasteiger partial charge in [0.15, 0.2) is 17.8 Å². The Bertz CT molecular complexity index is 675. The molecule has 0 amide bonds. The number of methoxy groups -OCH3 is 4. The Labute approximate surface area is 166 Å². The summed E-state index contributed by atoms with van der Waals surface area (Å²) in [6.45, 7) is 2.83. The van der Waals surface area contributed by atoms with Crippen LogP contribution in [0.15, 0.2) is 11.2 Å². The highest BCUT2D eigenvalue weighted by Gasteiger charge is 2.28. The molecule has 0 bridgehead atoms. The fourth-order valence-electron chi connectivity index (χ4n) is 3.66. The van der Waals surface area contributed by atoms with Gasteiger partial charge in [0, 0.05) is 24.8 Å². The average molecular weight is 394 g/mol. The molecule has 8 nitrogen and oxygen atoms in total. The summed E-state index contributed by atoms with van der Waals surface area (Å²) in [5, 5.41) is 6.79. The van der Waals surface area contributed by atoms with E-state index >= 15 is 0 Å². The van der Waals surface area contributed by atoms with Crippen LogP contribution in [0, 0.1) is 0 Å². The Morgan fingerprint density at radius 1 is 1.07 bits per heavy atom. The molecule has 2 heterocycles. The van der Waals surface area contributed by atoms with Crippen LogP contribution < -0.4 is 14.2 Å². The first-order chi connectivity index (χ1) is 13.7. The standard InChI is InChI=1S/C20H30N2O6/c1-23-13-14-7-5-8-22(14)21-12-16-15(20-27-9-6-10-28-20)11-17(24-2)19(26-4)18(16)25-3/h11-12,14,20H,5-10,13H2,1-4H3/b21-12+/t14-/m0/s1. The fourth-order valence-corrected chi connectivity index (χ4v) is 3.66. The molecular weight excluding hydrogens is 364 g/mol. The molecule has 3 rings (SSSR count). The van der Waals surface area contributed by atoms with Crippen molar-refractivity contribution >= 4 is 6.21 Å². The summed E-state index contributed by atoms with van der Waals surface area (Å²) < 4.78 is 33.7. The van der Waals surface area contributed by atoms with Gasteiger partial charge in [0.1, 0.15) is 0 Å². The normalized spacial score (nSPS) is 20.7. The number of ether oxygens (including phenoxy) is 6. The molecule has 1 atom stereocenters. The fraction of sp³-hybridized carbons (Fsp3) is 0.650. The summed E-state index contributed by atoms with van der Waals surface area (Å²) in [7, 11) is 6.50. The second-order valence-corrected chi connectivity index (χ2v) is 6.73. The largest absolute Gasteiger partial charge is 0.493 e. The van der Waals surface area contributed by atoms with E-state index in [4.69, 9.17) is 33.5 Å². The Balaban J connectivity index is 2.01. The molecule has 0 aromatic heterocycles. The Morgan fingerprint density at radius 3 is 2.46 bits per heavy atom. The van der Waals surface area contributed by atoms with Crippen LogP contribution in [0.3, 0.4) is 0 Å². The SMILES string of the molecule is COC[C@@H]1CCCN1/N=C/c1c(C2OCCCO2)cc(OC)c(OC)c1OC. The molecule has 0 N–H and O–H groups in total. The minimum absolute atomic E-state index is 0.276. The smallest absolute Gasteiger partial charge is 0.203 e.